The fraction of sp³-hybridized carbons (Fsp3) is 0.545. The zero-order valence-corrected chi connectivity index (χ0v) is 10.4. The molecule has 1 unspecified atom stereocenters. The van der Waals surface area contributed by atoms with Crippen molar-refractivity contribution in [3.8, 4) is 0 Å². The number of hydrogen-bond donors (Lipinski definition) is 2. The Labute approximate surface area is 105 Å². The number of hydrogen-bond acceptors (Lipinski definition) is 4. The molecule has 2 heterocycles. The summed E-state index contributed by atoms with van der Waals surface area (Å²) in [6.07, 6.45) is 1.67. The van der Waals surface area contributed by atoms with E-state index in [2.05, 4.69) is 20.8 Å². The van der Waals surface area contributed by atoms with Crippen LogP contribution in [0.1, 0.15) is 19.8 Å². The second-order valence-electron chi connectivity index (χ2n) is 4.26. The van der Waals surface area contributed by atoms with Crippen molar-refractivity contribution in [2.24, 2.45) is 5.41 Å². The topological polar surface area (TPSA) is 66.9 Å². The maximum absolute atomic E-state index is 12.2. The Morgan fingerprint density at radius 1 is 1.59 bits per heavy atom. The van der Waals surface area contributed by atoms with Crippen LogP contribution in [0.3, 0.4) is 0 Å². The van der Waals surface area contributed by atoms with E-state index in [0.29, 0.717) is 11.0 Å². The van der Waals surface area contributed by atoms with E-state index in [4.69, 9.17) is 11.6 Å². The average molecular weight is 255 g/mol. The predicted molar refractivity (Wildman–Crippen MR) is 65.9 cm³/mol. The highest BCUT2D eigenvalue weighted by Crippen LogP contribution is 2.30. The molecule has 5 nitrogen and oxygen atoms in total. The van der Waals surface area contributed by atoms with Crippen molar-refractivity contribution in [3.63, 3.8) is 0 Å². The highest BCUT2D eigenvalue weighted by Gasteiger charge is 2.39. The van der Waals surface area contributed by atoms with Gasteiger partial charge in [-0.1, -0.05) is 18.5 Å². The molecule has 1 aromatic rings. The van der Waals surface area contributed by atoms with Crippen molar-refractivity contribution in [2.75, 3.05) is 18.4 Å². The van der Waals surface area contributed by atoms with Gasteiger partial charge in [0.15, 0.2) is 11.0 Å². The lowest BCUT2D eigenvalue weighted by atomic mass is 9.83. The van der Waals surface area contributed by atoms with Crippen LogP contribution >= 0.6 is 11.6 Å². The summed E-state index contributed by atoms with van der Waals surface area (Å²) in [6.45, 7) is 3.63. The lowest BCUT2D eigenvalue weighted by molar-refractivity contribution is -0.124. The van der Waals surface area contributed by atoms with E-state index in [1.807, 2.05) is 6.92 Å². The van der Waals surface area contributed by atoms with Gasteiger partial charge in [-0.3, -0.25) is 4.79 Å². The van der Waals surface area contributed by atoms with E-state index in [0.717, 1.165) is 25.9 Å². The van der Waals surface area contributed by atoms with Crippen molar-refractivity contribution >= 4 is 23.3 Å². The Morgan fingerprint density at radius 3 is 2.94 bits per heavy atom. The third-order valence-corrected chi connectivity index (χ3v) is 3.48. The minimum Gasteiger partial charge on any atom is -0.316 e. The molecule has 1 atom stereocenters. The second kappa shape index (κ2) is 4.98. The summed E-state index contributed by atoms with van der Waals surface area (Å²) in [6, 6.07) is 3.26. The third kappa shape index (κ3) is 2.56. The van der Waals surface area contributed by atoms with E-state index in [-0.39, 0.29) is 11.3 Å². The van der Waals surface area contributed by atoms with Gasteiger partial charge >= 0.3 is 0 Å². The summed E-state index contributed by atoms with van der Waals surface area (Å²) < 4.78 is 0. The van der Waals surface area contributed by atoms with E-state index in [9.17, 15) is 4.79 Å². The Morgan fingerprint density at radius 2 is 2.41 bits per heavy atom. The lowest BCUT2D eigenvalue weighted by Gasteiger charge is -2.24. The number of nitrogens with one attached hydrogen (secondary N) is 2. The molecule has 1 fully saturated rings. The summed E-state index contributed by atoms with van der Waals surface area (Å²) in [5.74, 6) is 0.445. The van der Waals surface area contributed by atoms with Crippen LogP contribution in [-0.2, 0) is 4.79 Å². The quantitative estimate of drug-likeness (QED) is 0.857. The first-order valence-corrected chi connectivity index (χ1v) is 6.05. The van der Waals surface area contributed by atoms with E-state index in [1.165, 1.54) is 0 Å². The molecule has 1 aliphatic heterocycles. The van der Waals surface area contributed by atoms with Crippen LogP contribution in [0.2, 0.25) is 5.15 Å². The molecule has 0 radical (unpaired) electrons. The molecule has 1 saturated heterocycles. The fourth-order valence-electron chi connectivity index (χ4n) is 2.03. The van der Waals surface area contributed by atoms with Crippen molar-refractivity contribution in [1.82, 2.24) is 15.5 Å². The molecule has 1 amide bonds. The number of rotatable bonds is 3. The van der Waals surface area contributed by atoms with Gasteiger partial charge in [-0.2, -0.15) is 0 Å². The molecule has 0 saturated carbocycles. The Hall–Kier alpha value is -1.20. The number of amides is 1. The lowest BCUT2D eigenvalue weighted by Crippen LogP contribution is -2.37. The molecule has 0 spiro atoms. The van der Waals surface area contributed by atoms with Crippen LogP contribution in [0.4, 0.5) is 5.82 Å². The number of aromatic nitrogens is 2. The smallest absolute Gasteiger partial charge is 0.233 e. The van der Waals surface area contributed by atoms with Gasteiger partial charge in [-0.05, 0) is 31.5 Å². The maximum Gasteiger partial charge on any atom is 0.233 e. The molecule has 2 rings (SSSR count). The number of anilines is 1. The van der Waals surface area contributed by atoms with Crippen molar-refractivity contribution in [3.05, 3.63) is 17.3 Å². The molecule has 0 aromatic carbocycles. The zero-order chi connectivity index (χ0) is 12.3. The monoisotopic (exact) mass is 254 g/mol. The second-order valence-corrected chi connectivity index (χ2v) is 4.64. The van der Waals surface area contributed by atoms with Crippen LogP contribution in [0.15, 0.2) is 12.1 Å². The average Bonchev–Trinajstić information content (AvgIpc) is 2.82. The normalized spacial score (nSPS) is 23.6. The van der Waals surface area contributed by atoms with Crippen LogP contribution in [-0.4, -0.2) is 29.2 Å². The summed E-state index contributed by atoms with van der Waals surface area (Å²) in [4.78, 5) is 12.2. The van der Waals surface area contributed by atoms with Crippen molar-refractivity contribution < 1.29 is 4.79 Å². The molecule has 2 N–H and O–H groups in total. The fourth-order valence-corrected chi connectivity index (χ4v) is 2.13. The molecule has 1 aliphatic rings. The van der Waals surface area contributed by atoms with Gasteiger partial charge in [0, 0.05) is 6.54 Å². The number of nitrogens with zero attached hydrogens (tertiary/aromatic N) is 2. The molecular weight excluding hydrogens is 240 g/mol. The van der Waals surface area contributed by atoms with Crippen molar-refractivity contribution in [1.29, 1.82) is 0 Å². The van der Waals surface area contributed by atoms with E-state index >= 15 is 0 Å². The van der Waals surface area contributed by atoms with Crippen molar-refractivity contribution in [2.45, 2.75) is 19.8 Å². The minimum absolute atomic E-state index is 0.00150. The summed E-state index contributed by atoms with van der Waals surface area (Å²) in [5, 5.41) is 13.8. The van der Waals surface area contributed by atoms with Crippen LogP contribution < -0.4 is 10.6 Å². The zero-order valence-electron chi connectivity index (χ0n) is 9.66. The highest BCUT2D eigenvalue weighted by atomic mass is 35.5. The summed E-state index contributed by atoms with van der Waals surface area (Å²) in [5.41, 5.74) is -0.318. The van der Waals surface area contributed by atoms with Gasteiger partial charge in [0.25, 0.3) is 0 Å². The molecule has 0 aliphatic carbocycles. The third-order valence-electron chi connectivity index (χ3n) is 3.28. The predicted octanol–water partition coefficient (Wildman–Crippen LogP) is 1.46. The molecular formula is C11H15ClN4O. The first kappa shape index (κ1) is 12.3. The van der Waals surface area contributed by atoms with E-state index < -0.39 is 0 Å². The van der Waals surface area contributed by atoms with Gasteiger partial charge in [0.1, 0.15) is 0 Å². The molecule has 6 heteroatoms. The minimum atomic E-state index is -0.318. The van der Waals surface area contributed by atoms with Gasteiger partial charge in [-0.25, -0.2) is 0 Å². The summed E-state index contributed by atoms with van der Waals surface area (Å²) >= 11 is 5.63. The molecule has 92 valence electrons. The largest absolute Gasteiger partial charge is 0.316 e. The standard InChI is InChI=1S/C11H15ClN4O/c1-2-11(5-6-13-7-11)10(17)14-9-4-3-8(12)15-16-9/h3-4,13H,2,5-7H2,1H3,(H,14,16,17). The van der Waals surface area contributed by atoms with Crippen LogP contribution in [0, 0.1) is 5.41 Å². The maximum atomic E-state index is 12.2. The molecule has 1 aromatic heterocycles. The number of halogens is 1. The Balaban J connectivity index is 2.08. The Kier molecular flexibility index (Phi) is 3.59. The Bertz CT molecular complexity index is 400. The molecule has 17 heavy (non-hydrogen) atoms. The first-order valence-electron chi connectivity index (χ1n) is 5.68. The first-order chi connectivity index (χ1) is 8.16. The van der Waals surface area contributed by atoms with E-state index in [1.54, 1.807) is 12.1 Å². The van der Waals surface area contributed by atoms with Gasteiger partial charge in [0.2, 0.25) is 5.91 Å². The highest BCUT2D eigenvalue weighted by molar-refractivity contribution is 6.29. The SMILES string of the molecule is CCC1(C(=O)Nc2ccc(Cl)nn2)CCNC1. The number of carbonyl (C=O) groups is 1. The number of carbonyl (C=O) groups excluding carboxylic acids is 1. The van der Waals surface area contributed by atoms with Crippen LogP contribution in [0.5, 0.6) is 0 Å². The summed E-state index contributed by atoms with van der Waals surface area (Å²) in [7, 11) is 0. The molecule has 0 bridgehead atoms. The van der Waals surface area contributed by atoms with Gasteiger partial charge < -0.3 is 10.6 Å². The van der Waals surface area contributed by atoms with Crippen LogP contribution in [0.25, 0.3) is 0 Å². The van der Waals surface area contributed by atoms with Gasteiger partial charge in [0.05, 0.1) is 5.41 Å². The van der Waals surface area contributed by atoms with Gasteiger partial charge in [-0.15, -0.1) is 10.2 Å².